The van der Waals surface area contributed by atoms with Crippen LogP contribution in [0.5, 0.6) is 0 Å². The molecule has 0 aliphatic rings. The molecule has 0 aliphatic carbocycles. The van der Waals surface area contributed by atoms with Gasteiger partial charge in [0.15, 0.2) is 0 Å². The lowest BCUT2D eigenvalue weighted by molar-refractivity contribution is 0.192. The van der Waals surface area contributed by atoms with Gasteiger partial charge in [0.2, 0.25) is 0 Å². The number of halogens is 1. The lowest BCUT2D eigenvalue weighted by atomic mass is 10.2. The van der Waals surface area contributed by atoms with Crippen LogP contribution in [0.15, 0.2) is 28.7 Å². The standard InChI is InChI=1S/C14H18BrNO/c1-9(2)16-12(7-10(3)17)8-11-5-4-6-13(15)14(11)16/h4-6,8-10,17H,7H2,1-3H3. The number of nitrogens with zero attached hydrogens (tertiary/aromatic N) is 1. The average molecular weight is 296 g/mol. The van der Waals surface area contributed by atoms with Gasteiger partial charge in [0.25, 0.3) is 0 Å². The maximum absolute atomic E-state index is 9.58. The fourth-order valence-corrected chi connectivity index (χ4v) is 2.92. The van der Waals surface area contributed by atoms with E-state index in [2.05, 4.69) is 52.5 Å². The number of para-hydroxylation sites is 1. The smallest absolute Gasteiger partial charge is 0.0629 e. The van der Waals surface area contributed by atoms with Gasteiger partial charge in [-0.15, -0.1) is 0 Å². The number of aromatic nitrogens is 1. The molecule has 0 spiro atoms. The monoisotopic (exact) mass is 295 g/mol. The second-order valence-electron chi connectivity index (χ2n) is 4.83. The second kappa shape index (κ2) is 4.83. The van der Waals surface area contributed by atoms with Gasteiger partial charge in [-0.3, -0.25) is 0 Å². The molecule has 1 unspecified atom stereocenters. The predicted octanol–water partition coefficient (Wildman–Crippen LogP) is 3.91. The molecule has 0 saturated carbocycles. The van der Waals surface area contributed by atoms with Gasteiger partial charge in [-0.1, -0.05) is 12.1 Å². The molecule has 1 aromatic carbocycles. The first-order chi connectivity index (χ1) is 8.00. The van der Waals surface area contributed by atoms with E-state index < -0.39 is 0 Å². The van der Waals surface area contributed by atoms with Crippen molar-refractivity contribution in [2.45, 2.75) is 39.3 Å². The molecule has 0 fully saturated rings. The molecule has 1 atom stereocenters. The van der Waals surface area contributed by atoms with Crippen molar-refractivity contribution in [3.05, 3.63) is 34.4 Å². The molecule has 92 valence electrons. The van der Waals surface area contributed by atoms with Crippen molar-refractivity contribution in [1.82, 2.24) is 4.57 Å². The molecule has 0 bridgehead atoms. The van der Waals surface area contributed by atoms with Crippen molar-refractivity contribution < 1.29 is 5.11 Å². The highest BCUT2D eigenvalue weighted by atomic mass is 79.9. The van der Waals surface area contributed by atoms with Crippen molar-refractivity contribution >= 4 is 26.8 Å². The summed E-state index contributed by atoms with van der Waals surface area (Å²) in [6.07, 6.45) is 0.384. The number of fused-ring (bicyclic) bond motifs is 1. The zero-order valence-electron chi connectivity index (χ0n) is 10.4. The largest absolute Gasteiger partial charge is 0.393 e. The second-order valence-corrected chi connectivity index (χ2v) is 5.68. The lowest BCUT2D eigenvalue weighted by Crippen LogP contribution is -2.11. The van der Waals surface area contributed by atoms with Crippen molar-refractivity contribution in [1.29, 1.82) is 0 Å². The minimum absolute atomic E-state index is 0.310. The van der Waals surface area contributed by atoms with E-state index in [0.29, 0.717) is 12.5 Å². The van der Waals surface area contributed by atoms with Crippen LogP contribution in [0.3, 0.4) is 0 Å². The number of hydrogen-bond donors (Lipinski definition) is 1. The minimum Gasteiger partial charge on any atom is -0.393 e. The van der Waals surface area contributed by atoms with Crippen LogP contribution in [0, 0.1) is 0 Å². The van der Waals surface area contributed by atoms with E-state index in [1.54, 1.807) is 0 Å². The minimum atomic E-state index is -0.310. The highest BCUT2D eigenvalue weighted by Crippen LogP contribution is 2.30. The SMILES string of the molecule is CC(O)Cc1cc2cccc(Br)c2n1C(C)C. The molecule has 2 nitrogen and oxygen atoms in total. The van der Waals surface area contributed by atoms with Gasteiger partial charge >= 0.3 is 0 Å². The summed E-state index contributed by atoms with van der Waals surface area (Å²) in [5, 5.41) is 10.8. The normalized spacial score (nSPS) is 13.5. The van der Waals surface area contributed by atoms with Crippen LogP contribution in [0.1, 0.15) is 32.5 Å². The summed E-state index contributed by atoms with van der Waals surface area (Å²) in [5.41, 5.74) is 2.41. The molecule has 0 aliphatic heterocycles. The Kier molecular flexibility index (Phi) is 3.59. The van der Waals surface area contributed by atoms with E-state index in [1.807, 2.05) is 13.0 Å². The van der Waals surface area contributed by atoms with Gasteiger partial charge in [0.05, 0.1) is 11.6 Å². The van der Waals surface area contributed by atoms with E-state index in [1.165, 1.54) is 16.6 Å². The first-order valence-corrected chi connectivity index (χ1v) is 6.76. The summed E-state index contributed by atoms with van der Waals surface area (Å²) in [5.74, 6) is 0. The van der Waals surface area contributed by atoms with E-state index in [-0.39, 0.29) is 6.10 Å². The number of hydrogen-bond acceptors (Lipinski definition) is 1. The lowest BCUT2D eigenvalue weighted by Gasteiger charge is -2.16. The van der Waals surface area contributed by atoms with Crippen LogP contribution in [-0.4, -0.2) is 15.8 Å². The van der Waals surface area contributed by atoms with Gasteiger partial charge in [-0.25, -0.2) is 0 Å². The molecule has 17 heavy (non-hydrogen) atoms. The van der Waals surface area contributed by atoms with E-state index in [9.17, 15) is 5.11 Å². The summed E-state index contributed by atoms with van der Waals surface area (Å²) in [6.45, 7) is 6.17. The van der Waals surface area contributed by atoms with Crippen molar-refractivity contribution in [2.24, 2.45) is 0 Å². The Hall–Kier alpha value is -0.800. The van der Waals surface area contributed by atoms with Gasteiger partial charge < -0.3 is 9.67 Å². The molecular weight excluding hydrogens is 278 g/mol. The van der Waals surface area contributed by atoms with Crippen LogP contribution >= 0.6 is 15.9 Å². The molecular formula is C14H18BrNO. The fraction of sp³-hybridized carbons (Fsp3) is 0.429. The molecule has 2 aromatic rings. The Labute approximate surface area is 110 Å². The zero-order valence-corrected chi connectivity index (χ0v) is 12.0. The molecule has 1 heterocycles. The summed E-state index contributed by atoms with van der Waals surface area (Å²) in [4.78, 5) is 0. The van der Waals surface area contributed by atoms with E-state index in [0.717, 1.165) is 4.47 Å². The van der Waals surface area contributed by atoms with Crippen LogP contribution in [0.4, 0.5) is 0 Å². The third kappa shape index (κ3) is 2.40. The van der Waals surface area contributed by atoms with Gasteiger partial charge in [0.1, 0.15) is 0 Å². The summed E-state index contributed by atoms with van der Waals surface area (Å²) >= 11 is 3.61. The van der Waals surface area contributed by atoms with Crippen LogP contribution in [-0.2, 0) is 6.42 Å². The average Bonchev–Trinajstić information content (AvgIpc) is 2.56. The van der Waals surface area contributed by atoms with Gasteiger partial charge in [0, 0.05) is 28.0 Å². The maximum Gasteiger partial charge on any atom is 0.0629 e. The molecule has 0 amide bonds. The fourth-order valence-electron chi connectivity index (χ4n) is 2.35. The number of benzene rings is 1. The van der Waals surface area contributed by atoms with Crippen LogP contribution < -0.4 is 0 Å². The van der Waals surface area contributed by atoms with Crippen molar-refractivity contribution in [2.75, 3.05) is 0 Å². The highest BCUT2D eigenvalue weighted by molar-refractivity contribution is 9.10. The number of aliphatic hydroxyl groups excluding tert-OH is 1. The maximum atomic E-state index is 9.58. The highest BCUT2D eigenvalue weighted by Gasteiger charge is 2.14. The first-order valence-electron chi connectivity index (χ1n) is 5.97. The quantitative estimate of drug-likeness (QED) is 0.912. The van der Waals surface area contributed by atoms with E-state index >= 15 is 0 Å². The molecule has 0 saturated heterocycles. The van der Waals surface area contributed by atoms with E-state index in [4.69, 9.17) is 0 Å². The Morgan fingerprint density at radius 3 is 2.59 bits per heavy atom. The Balaban J connectivity index is 2.67. The van der Waals surface area contributed by atoms with Crippen LogP contribution in [0.25, 0.3) is 10.9 Å². The molecule has 2 rings (SSSR count). The molecule has 1 aromatic heterocycles. The zero-order chi connectivity index (χ0) is 12.6. The Morgan fingerprint density at radius 2 is 2.00 bits per heavy atom. The molecule has 3 heteroatoms. The van der Waals surface area contributed by atoms with Crippen LogP contribution in [0.2, 0.25) is 0 Å². The summed E-state index contributed by atoms with van der Waals surface area (Å²) < 4.78 is 3.41. The van der Waals surface area contributed by atoms with Gasteiger partial charge in [-0.2, -0.15) is 0 Å². The first kappa shape index (κ1) is 12.7. The predicted molar refractivity (Wildman–Crippen MR) is 75.4 cm³/mol. The van der Waals surface area contributed by atoms with Crippen molar-refractivity contribution in [3.8, 4) is 0 Å². The third-order valence-electron chi connectivity index (χ3n) is 2.91. The summed E-state index contributed by atoms with van der Waals surface area (Å²) in [6, 6.07) is 8.79. The Bertz CT molecular complexity index is 528. The topological polar surface area (TPSA) is 25.2 Å². The number of rotatable bonds is 3. The number of aliphatic hydroxyl groups is 1. The summed E-state index contributed by atoms with van der Waals surface area (Å²) in [7, 11) is 0. The molecule has 1 N–H and O–H groups in total. The van der Waals surface area contributed by atoms with Crippen molar-refractivity contribution in [3.63, 3.8) is 0 Å². The van der Waals surface area contributed by atoms with Gasteiger partial charge in [-0.05, 0) is 48.8 Å². The molecule has 0 radical (unpaired) electrons. The third-order valence-corrected chi connectivity index (χ3v) is 3.55. The Morgan fingerprint density at radius 1 is 1.29 bits per heavy atom.